The Morgan fingerprint density at radius 3 is 2.38 bits per heavy atom. The molecule has 1 rings (SSSR count). The summed E-state index contributed by atoms with van der Waals surface area (Å²) in [5, 5.41) is 17.4. The normalized spacial score (nSPS) is 10.6. The molecule has 0 unspecified atom stereocenters. The van der Waals surface area contributed by atoms with Gasteiger partial charge < -0.3 is 10.8 Å². The van der Waals surface area contributed by atoms with Crippen molar-refractivity contribution < 1.29 is 9.90 Å². The average Bonchev–Trinajstić information content (AvgIpc) is 2.26. The van der Waals surface area contributed by atoms with E-state index < -0.39 is 5.97 Å². The van der Waals surface area contributed by atoms with Crippen molar-refractivity contribution in [3.05, 3.63) is 41.0 Å². The molecule has 80 valence electrons. The minimum Gasteiger partial charge on any atom is -0.478 e. The van der Waals surface area contributed by atoms with Gasteiger partial charge in [-0.3, -0.25) is 0 Å². The number of hydrogen-bond acceptors (Lipinski definition) is 3. The molecular formula is C11H8N2O2S. The molecule has 1 aromatic rings. The van der Waals surface area contributed by atoms with Crippen molar-refractivity contribution in [2.24, 2.45) is 5.73 Å². The first-order valence-corrected chi connectivity index (χ1v) is 4.70. The van der Waals surface area contributed by atoms with Crippen molar-refractivity contribution in [3.8, 4) is 6.07 Å². The van der Waals surface area contributed by atoms with E-state index in [2.05, 4.69) is 12.2 Å². The molecule has 0 atom stereocenters. The minimum atomic E-state index is -0.995. The Balaban J connectivity index is 3.04. The third-order valence-electron chi connectivity index (χ3n) is 1.85. The van der Waals surface area contributed by atoms with Crippen LogP contribution in [0.1, 0.15) is 15.9 Å². The molecule has 0 aliphatic heterocycles. The summed E-state index contributed by atoms with van der Waals surface area (Å²) >= 11 is 4.68. The van der Waals surface area contributed by atoms with Crippen LogP contribution in [0.2, 0.25) is 0 Å². The van der Waals surface area contributed by atoms with Crippen LogP contribution in [0.15, 0.2) is 29.8 Å². The van der Waals surface area contributed by atoms with Gasteiger partial charge in [0, 0.05) is 0 Å². The van der Waals surface area contributed by atoms with Gasteiger partial charge in [0.2, 0.25) is 0 Å². The molecule has 0 aromatic heterocycles. The van der Waals surface area contributed by atoms with Crippen molar-refractivity contribution in [2.45, 2.75) is 0 Å². The molecule has 3 N–H and O–H groups in total. The van der Waals surface area contributed by atoms with E-state index in [4.69, 9.17) is 16.1 Å². The van der Waals surface area contributed by atoms with Gasteiger partial charge in [-0.1, -0.05) is 24.4 Å². The van der Waals surface area contributed by atoms with E-state index in [0.717, 1.165) is 0 Å². The summed E-state index contributed by atoms with van der Waals surface area (Å²) in [6.45, 7) is 0. The number of nitrogens with two attached hydrogens (primary N) is 1. The van der Waals surface area contributed by atoms with E-state index >= 15 is 0 Å². The van der Waals surface area contributed by atoms with Gasteiger partial charge in [0.1, 0.15) is 11.1 Å². The third kappa shape index (κ3) is 2.90. The molecule has 16 heavy (non-hydrogen) atoms. The van der Waals surface area contributed by atoms with Crippen LogP contribution >= 0.6 is 12.2 Å². The summed E-state index contributed by atoms with van der Waals surface area (Å²) in [5.74, 6) is -0.995. The first-order chi connectivity index (χ1) is 7.54. The zero-order chi connectivity index (χ0) is 12.1. The fourth-order valence-corrected chi connectivity index (χ4v) is 1.15. The number of carbonyl (C=O) groups is 1. The number of rotatable bonds is 3. The monoisotopic (exact) mass is 232 g/mol. The van der Waals surface area contributed by atoms with Crippen molar-refractivity contribution in [1.82, 2.24) is 0 Å². The summed E-state index contributed by atoms with van der Waals surface area (Å²) in [6.07, 6.45) is 1.51. The summed E-state index contributed by atoms with van der Waals surface area (Å²) in [6, 6.07) is 7.93. The van der Waals surface area contributed by atoms with E-state index in [9.17, 15) is 4.79 Å². The lowest BCUT2D eigenvalue weighted by Crippen LogP contribution is -2.09. The number of benzene rings is 1. The highest BCUT2D eigenvalue weighted by molar-refractivity contribution is 7.80. The molecule has 4 nitrogen and oxygen atoms in total. The molecule has 0 aliphatic carbocycles. The van der Waals surface area contributed by atoms with Crippen molar-refractivity contribution >= 4 is 29.3 Å². The number of nitriles is 1. The van der Waals surface area contributed by atoms with Gasteiger partial charge in [0.05, 0.1) is 11.1 Å². The SMILES string of the molecule is N#C/C(=C\c1ccc(C(=O)O)cc1)C(N)=S. The number of thiocarbonyl (C=S) groups is 1. The average molecular weight is 232 g/mol. The maximum absolute atomic E-state index is 10.6. The molecule has 0 heterocycles. The number of aromatic carboxylic acids is 1. The van der Waals surface area contributed by atoms with Crippen molar-refractivity contribution in [3.63, 3.8) is 0 Å². The lowest BCUT2D eigenvalue weighted by molar-refractivity contribution is 0.0697. The van der Waals surface area contributed by atoms with Crippen LogP contribution in [0.3, 0.4) is 0 Å². The van der Waals surface area contributed by atoms with Crippen molar-refractivity contribution in [2.75, 3.05) is 0 Å². The minimum absolute atomic E-state index is 0.0183. The molecule has 0 radical (unpaired) electrons. The second-order valence-corrected chi connectivity index (χ2v) is 3.40. The van der Waals surface area contributed by atoms with E-state index in [0.29, 0.717) is 5.56 Å². The quantitative estimate of drug-likeness (QED) is 0.469. The summed E-state index contributed by atoms with van der Waals surface area (Å²) < 4.78 is 0. The third-order valence-corrected chi connectivity index (χ3v) is 2.07. The molecule has 0 saturated heterocycles. The van der Waals surface area contributed by atoms with Gasteiger partial charge in [0.15, 0.2) is 0 Å². The number of carboxylic acids is 1. The Bertz CT molecular complexity index is 498. The second-order valence-electron chi connectivity index (χ2n) is 2.96. The molecular weight excluding hydrogens is 224 g/mol. The predicted octanol–water partition coefficient (Wildman–Crippen LogP) is 1.58. The summed E-state index contributed by atoms with van der Waals surface area (Å²) in [4.78, 5) is 10.6. The Morgan fingerprint density at radius 1 is 1.44 bits per heavy atom. The van der Waals surface area contributed by atoms with Crippen LogP contribution in [0, 0.1) is 11.3 Å². The summed E-state index contributed by atoms with van der Waals surface area (Å²) in [5.41, 5.74) is 6.37. The van der Waals surface area contributed by atoms with Crippen LogP contribution in [0.5, 0.6) is 0 Å². The molecule has 0 fully saturated rings. The van der Waals surface area contributed by atoms with Crippen LogP contribution in [0.25, 0.3) is 6.08 Å². The summed E-state index contributed by atoms with van der Waals surface area (Å²) in [7, 11) is 0. The van der Waals surface area contributed by atoms with E-state index in [1.165, 1.54) is 18.2 Å². The Kier molecular flexibility index (Phi) is 3.75. The molecule has 0 aliphatic rings. The second kappa shape index (κ2) is 5.05. The molecule has 1 aromatic carbocycles. The van der Waals surface area contributed by atoms with Crippen LogP contribution in [0.4, 0.5) is 0 Å². The first kappa shape index (κ1) is 11.9. The van der Waals surface area contributed by atoms with E-state index in [1.807, 2.05) is 6.07 Å². The topological polar surface area (TPSA) is 87.1 Å². The zero-order valence-electron chi connectivity index (χ0n) is 8.18. The van der Waals surface area contributed by atoms with E-state index in [1.54, 1.807) is 12.1 Å². The Morgan fingerprint density at radius 2 is 2.00 bits per heavy atom. The predicted molar refractivity (Wildman–Crippen MR) is 63.8 cm³/mol. The van der Waals surface area contributed by atoms with Gasteiger partial charge in [-0.25, -0.2) is 4.79 Å². The standard InChI is InChI=1S/C11H8N2O2S/c12-6-9(10(13)16)5-7-1-3-8(4-2-7)11(14)15/h1-5H,(H2,13,16)(H,14,15)/b9-5+. The lowest BCUT2D eigenvalue weighted by atomic mass is 10.1. The number of nitrogens with zero attached hydrogens (tertiary/aromatic N) is 1. The molecule has 0 saturated carbocycles. The number of carboxylic acid groups (broad SMARTS) is 1. The van der Waals surface area contributed by atoms with Gasteiger partial charge in [0.25, 0.3) is 0 Å². The lowest BCUT2D eigenvalue weighted by Gasteiger charge is -1.97. The fourth-order valence-electron chi connectivity index (χ4n) is 1.05. The van der Waals surface area contributed by atoms with E-state index in [-0.39, 0.29) is 16.1 Å². The Labute approximate surface area is 97.6 Å². The Hall–Kier alpha value is -2.19. The fraction of sp³-hybridized carbons (Fsp3) is 0. The highest BCUT2D eigenvalue weighted by Crippen LogP contribution is 2.09. The highest BCUT2D eigenvalue weighted by Gasteiger charge is 2.02. The first-order valence-electron chi connectivity index (χ1n) is 4.29. The number of hydrogen-bond donors (Lipinski definition) is 2. The smallest absolute Gasteiger partial charge is 0.335 e. The van der Waals surface area contributed by atoms with Gasteiger partial charge in [-0.2, -0.15) is 5.26 Å². The maximum atomic E-state index is 10.6. The largest absolute Gasteiger partial charge is 0.478 e. The molecule has 0 amide bonds. The molecule has 0 spiro atoms. The molecule has 0 bridgehead atoms. The van der Waals surface area contributed by atoms with Gasteiger partial charge in [-0.05, 0) is 23.8 Å². The van der Waals surface area contributed by atoms with Crippen molar-refractivity contribution in [1.29, 1.82) is 5.26 Å². The molecule has 5 heteroatoms. The van der Waals surface area contributed by atoms with Crippen LogP contribution in [-0.4, -0.2) is 16.1 Å². The van der Waals surface area contributed by atoms with Crippen LogP contribution in [-0.2, 0) is 0 Å². The van der Waals surface area contributed by atoms with Gasteiger partial charge in [-0.15, -0.1) is 0 Å². The highest BCUT2D eigenvalue weighted by atomic mass is 32.1. The van der Waals surface area contributed by atoms with Gasteiger partial charge >= 0.3 is 5.97 Å². The van der Waals surface area contributed by atoms with Crippen LogP contribution < -0.4 is 5.73 Å². The zero-order valence-corrected chi connectivity index (χ0v) is 8.99. The maximum Gasteiger partial charge on any atom is 0.335 e.